The van der Waals surface area contributed by atoms with Crippen molar-refractivity contribution in [2.75, 3.05) is 13.2 Å². The molecule has 0 aromatic heterocycles. The third kappa shape index (κ3) is 3.21. The van der Waals surface area contributed by atoms with Gasteiger partial charge in [0.15, 0.2) is 0 Å². The molecule has 0 heterocycles. The van der Waals surface area contributed by atoms with Gasteiger partial charge in [-0.1, -0.05) is 18.2 Å². The maximum atomic E-state index is 12.4. The Morgan fingerprint density at radius 2 is 2.00 bits per heavy atom. The van der Waals surface area contributed by atoms with E-state index >= 15 is 0 Å². The molecule has 0 saturated heterocycles. The molecule has 16 heavy (non-hydrogen) atoms. The van der Waals surface area contributed by atoms with E-state index in [0.29, 0.717) is 12.0 Å². The molecule has 2 nitrogen and oxygen atoms in total. The minimum atomic E-state index is -4.34. The Hall–Kier alpha value is -1.07. The number of aliphatic hydroxyl groups is 1. The molecule has 1 aromatic rings. The van der Waals surface area contributed by atoms with Crippen LogP contribution < -0.4 is 5.73 Å². The summed E-state index contributed by atoms with van der Waals surface area (Å²) in [6, 6.07) is 5.07. The quantitative estimate of drug-likeness (QED) is 0.836. The highest BCUT2D eigenvalue weighted by Gasteiger charge is 2.30. The molecule has 5 heteroatoms. The van der Waals surface area contributed by atoms with E-state index in [0.717, 1.165) is 12.1 Å². The third-order valence-electron chi connectivity index (χ3n) is 2.45. The van der Waals surface area contributed by atoms with Crippen molar-refractivity contribution in [1.82, 2.24) is 0 Å². The van der Waals surface area contributed by atoms with Gasteiger partial charge in [-0.25, -0.2) is 0 Å². The molecule has 0 fully saturated rings. The number of benzene rings is 1. The first-order valence-electron chi connectivity index (χ1n) is 4.97. The predicted molar refractivity (Wildman–Crippen MR) is 54.9 cm³/mol. The fraction of sp³-hybridized carbons (Fsp3) is 0.455. The van der Waals surface area contributed by atoms with Crippen LogP contribution in [0.2, 0.25) is 0 Å². The third-order valence-corrected chi connectivity index (χ3v) is 2.45. The van der Waals surface area contributed by atoms with Gasteiger partial charge in [-0.3, -0.25) is 0 Å². The molecule has 3 N–H and O–H groups in total. The number of nitrogens with two attached hydrogens (primary N) is 1. The average molecular weight is 233 g/mol. The Morgan fingerprint density at radius 3 is 2.50 bits per heavy atom. The molecule has 1 atom stereocenters. The second-order valence-corrected chi connectivity index (χ2v) is 3.57. The molecule has 0 aliphatic rings. The monoisotopic (exact) mass is 233 g/mol. The second kappa shape index (κ2) is 5.32. The van der Waals surface area contributed by atoms with Gasteiger partial charge in [0, 0.05) is 6.61 Å². The molecule has 1 unspecified atom stereocenters. The molecule has 0 radical (unpaired) electrons. The normalized spacial score (nSPS) is 13.8. The summed E-state index contributed by atoms with van der Waals surface area (Å²) >= 11 is 0. The molecule has 0 aliphatic heterocycles. The first kappa shape index (κ1) is 13.0. The zero-order valence-electron chi connectivity index (χ0n) is 8.67. The SMILES string of the molecule is NCC(CCO)c1cccc(C(F)(F)F)c1. The summed E-state index contributed by atoms with van der Waals surface area (Å²) in [7, 11) is 0. The lowest BCUT2D eigenvalue weighted by atomic mass is 9.94. The number of hydrogen-bond donors (Lipinski definition) is 2. The number of rotatable bonds is 4. The van der Waals surface area contributed by atoms with Crippen LogP contribution in [0.1, 0.15) is 23.5 Å². The van der Waals surface area contributed by atoms with Crippen LogP contribution >= 0.6 is 0 Å². The highest BCUT2D eigenvalue weighted by Crippen LogP contribution is 2.31. The zero-order chi connectivity index (χ0) is 12.2. The van der Waals surface area contributed by atoms with Crippen molar-refractivity contribution in [2.24, 2.45) is 5.73 Å². The van der Waals surface area contributed by atoms with E-state index in [1.54, 1.807) is 6.07 Å². The van der Waals surface area contributed by atoms with Crippen molar-refractivity contribution in [1.29, 1.82) is 0 Å². The van der Waals surface area contributed by atoms with E-state index in [9.17, 15) is 13.2 Å². The van der Waals surface area contributed by atoms with Gasteiger partial charge in [0.05, 0.1) is 5.56 Å². The molecule has 1 aromatic carbocycles. The highest BCUT2D eigenvalue weighted by atomic mass is 19.4. The van der Waals surface area contributed by atoms with Crippen molar-refractivity contribution >= 4 is 0 Å². The van der Waals surface area contributed by atoms with E-state index in [1.165, 1.54) is 6.07 Å². The Morgan fingerprint density at radius 1 is 1.31 bits per heavy atom. The first-order valence-corrected chi connectivity index (χ1v) is 4.97. The molecular formula is C11H14F3NO. The molecule has 1 rings (SSSR count). The second-order valence-electron chi connectivity index (χ2n) is 3.57. The van der Waals surface area contributed by atoms with Gasteiger partial charge in [-0.2, -0.15) is 13.2 Å². The molecule has 90 valence electrons. The summed E-state index contributed by atoms with van der Waals surface area (Å²) < 4.78 is 37.3. The maximum absolute atomic E-state index is 12.4. The molecule has 0 spiro atoms. The van der Waals surface area contributed by atoms with Gasteiger partial charge < -0.3 is 10.8 Å². The smallest absolute Gasteiger partial charge is 0.396 e. The van der Waals surface area contributed by atoms with Crippen LogP contribution in [0.15, 0.2) is 24.3 Å². The van der Waals surface area contributed by atoms with Crippen molar-refractivity contribution in [3.8, 4) is 0 Å². The fourth-order valence-corrected chi connectivity index (χ4v) is 1.55. The van der Waals surface area contributed by atoms with Crippen LogP contribution in [0, 0.1) is 0 Å². The summed E-state index contributed by atoms with van der Waals surface area (Å²) in [5, 5.41) is 8.78. The molecule has 0 aliphatic carbocycles. The highest BCUT2D eigenvalue weighted by molar-refractivity contribution is 5.28. The van der Waals surface area contributed by atoms with Crippen LogP contribution in [0.3, 0.4) is 0 Å². The van der Waals surface area contributed by atoms with E-state index in [-0.39, 0.29) is 19.1 Å². The van der Waals surface area contributed by atoms with Crippen LogP contribution in [0.25, 0.3) is 0 Å². The minimum Gasteiger partial charge on any atom is -0.396 e. The van der Waals surface area contributed by atoms with Crippen molar-refractivity contribution in [3.05, 3.63) is 35.4 Å². The van der Waals surface area contributed by atoms with Gasteiger partial charge in [-0.15, -0.1) is 0 Å². The Labute approximate surface area is 91.9 Å². The van der Waals surface area contributed by atoms with Gasteiger partial charge >= 0.3 is 6.18 Å². The standard InChI is InChI=1S/C11H14F3NO/c12-11(13,14)10-3-1-2-8(6-10)9(7-15)4-5-16/h1-3,6,9,16H,4-5,7,15H2. The number of halogens is 3. The average Bonchev–Trinajstić information content (AvgIpc) is 2.25. The summed E-state index contributed by atoms with van der Waals surface area (Å²) in [6.07, 6.45) is -3.97. The van der Waals surface area contributed by atoms with Crippen LogP contribution in [-0.4, -0.2) is 18.3 Å². The Balaban J connectivity index is 2.97. The first-order chi connectivity index (χ1) is 7.49. The van der Waals surface area contributed by atoms with Crippen molar-refractivity contribution in [3.63, 3.8) is 0 Å². The topological polar surface area (TPSA) is 46.2 Å². The number of alkyl halides is 3. The lowest BCUT2D eigenvalue weighted by Gasteiger charge is -2.15. The lowest BCUT2D eigenvalue weighted by molar-refractivity contribution is -0.137. The minimum absolute atomic E-state index is 0.0852. The van der Waals surface area contributed by atoms with Crippen LogP contribution in [-0.2, 0) is 6.18 Å². The molecule has 0 amide bonds. The summed E-state index contributed by atoms with van der Waals surface area (Å²) in [5.74, 6) is -0.229. The Bertz CT molecular complexity index is 338. The van der Waals surface area contributed by atoms with Crippen LogP contribution in [0.5, 0.6) is 0 Å². The van der Waals surface area contributed by atoms with E-state index in [4.69, 9.17) is 10.8 Å². The maximum Gasteiger partial charge on any atom is 0.416 e. The fourth-order valence-electron chi connectivity index (χ4n) is 1.55. The predicted octanol–water partition coefficient (Wildman–Crippen LogP) is 2.13. The van der Waals surface area contributed by atoms with E-state index in [2.05, 4.69) is 0 Å². The van der Waals surface area contributed by atoms with Gasteiger partial charge in [0.25, 0.3) is 0 Å². The molecular weight excluding hydrogens is 219 g/mol. The van der Waals surface area contributed by atoms with Gasteiger partial charge in [0.1, 0.15) is 0 Å². The molecule has 0 saturated carbocycles. The van der Waals surface area contributed by atoms with E-state index in [1.807, 2.05) is 0 Å². The largest absolute Gasteiger partial charge is 0.416 e. The van der Waals surface area contributed by atoms with Gasteiger partial charge in [-0.05, 0) is 30.5 Å². The summed E-state index contributed by atoms with van der Waals surface area (Å²) in [4.78, 5) is 0. The van der Waals surface area contributed by atoms with Crippen molar-refractivity contribution < 1.29 is 18.3 Å². The number of hydrogen-bond acceptors (Lipinski definition) is 2. The Kier molecular flexibility index (Phi) is 4.32. The van der Waals surface area contributed by atoms with Crippen molar-refractivity contribution in [2.45, 2.75) is 18.5 Å². The van der Waals surface area contributed by atoms with Crippen LogP contribution in [0.4, 0.5) is 13.2 Å². The summed E-state index contributed by atoms with van der Waals surface area (Å²) in [5.41, 5.74) is 5.30. The number of aliphatic hydroxyl groups excluding tert-OH is 1. The summed E-state index contributed by atoms with van der Waals surface area (Å²) in [6.45, 7) is 0.139. The van der Waals surface area contributed by atoms with E-state index < -0.39 is 11.7 Å². The lowest BCUT2D eigenvalue weighted by Crippen LogP contribution is -2.15. The molecule has 0 bridgehead atoms. The van der Waals surface area contributed by atoms with Gasteiger partial charge in [0.2, 0.25) is 0 Å². The zero-order valence-corrected chi connectivity index (χ0v) is 8.67.